The number of hydrogen-bond donors (Lipinski definition) is 0. The lowest BCUT2D eigenvalue weighted by Gasteiger charge is -2.32. The van der Waals surface area contributed by atoms with Crippen LogP contribution in [-0.2, 0) is 0 Å². The van der Waals surface area contributed by atoms with Crippen LogP contribution in [0.3, 0.4) is 0 Å². The smallest absolute Gasteiger partial charge is 0.269 e. The lowest BCUT2D eigenvalue weighted by atomic mass is 10.1. The minimum Gasteiger partial charge on any atom is -0.474 e. The van der Waals surface area contributed by atoms with Crippen LogP contribution in [0.1, 0.15) is 29.0 Å². The van der Waals surface area contributed by atoms with Gasteiger partial charge >= 0.3 is 0 Å². The van der Waals surface area contributed by atoms with Crippen molar-refractivity contribution < 1.29 is 14.5 Å². The summed E-state index contributed by atoms with van der Waals surface area (Å²) in [6.45, 7) is 2.95. The number of rotatable bonds is 4. The number of hydrogen-bond acceptors (Lipinski definition) is 6. The van der Waals surface area contributed by atoms with Crippen LogP contribution in [0.2, 0.25) is 0 Å². The normalized spacial score (nSPS) is 15.0. The van der Waals surface area contributed by atoms with E-state index < -0.39 is 4.92 Å². The van der Waals surface area contributed by atoms with E-state index in [1.165, 1.54) is 24.3 Å². The van der Waals surface area contributed by atoms with Gasteiger partial charge in [0, 0.05) is 55.9 Å². The fourth-order valence-corrected chi connectivity index (χ4v) is 2.76. The second kappa shape index (κ2) is 7.25. The van der Waals surface area contributed by atoms with Crippen molar-refractivity contribution in [2.75, 3.05) is 13.1 Å². The first-order valence-electron chi connectivity index (χ1n) is 8.03. The zero-order valence-electron chi connectivity index (χ0n) is 13.8. The molecule has 2 heterocycles. The first-order chi connectivity index (χ1) is 12.0. The minimum absolute atomic E-state index is 0.00945. The molecule has 1 aliphatic heterocycles. The van der Waals surface area contributed by atoms with Crippen LogP contribution in [0.15, 0.2) is 36.5 Å². The zero-order chi connectivity index (χ0) is 17.8. The van der Waals surface area contributed by atoms with Crippen LogP contribution in [0, 0.1) is 17.0 Å². The molecular formula is C17H18N4O4. The topological polar surface area (TPSA) is 98.5 Å². The maximum Gasteiger partial charge on any atom is 0.269 e. The highest BCUT2D eigenvalue weighted by atomic mass is 16.6. The van der Waals surface area contributed by atoms with Gasteiger partial charge in [-0.05, 0) is 19.1 Å². The Hall–Kier alpha value is -3.03. The maximum atomic E-state index is 12.5. The Morgan fingerprint density at radius 2 is 1.92 bits per heavy atom. The summed E-state index contributed by atoms with van der Waals surface area (Å²) in [4.78, 5) is 32.7. The van der Waals surface area contributed by atoms with Crippen molar-refractivity contribution in [2.45, 2.75) is 25.9 Å². The monoisotopic (exact) mass is 342 g/mol. The molecule has 0 aliphatic carbocycles. The Kier molecular flexibility index (Phi) is 4.87. The quantitative estimate of drug-likeness (QED) is 0.625. The molecule has 1 aromatic carbocycles. The van der Waals surface area contributed by atoms with Gasteiger partial charge in [-0.25, -0.2) is 4.98 Å². The van der Waals surface area contributed by atoms with Gasteiger partial charge in [0.15, 0.2) is 0 Å². The third-order valence-electron chi connectivity index (χ3n) is 4.09. The fourth-order valence-electron chi connectivity index (χ4n) is 2.76. The molecule has 25 heavy (non-hydrogen) atoms. The van der Waals surface area contributed by atoms with Gasteiger partial charge in [-0.15, -0.1) is 0 Å². The Balaban J connectivity index is 1.56. The molecule has 1 amide bonds. The number of aromatic nitrogens is 2. The average Bonchev–Trinajstić information content (AvgIpc) is 2.62. The van der Waals surface area contributed by atoms with E-state index in [0.717, 1.165) is 0 Å². The molecule has 3 rings (SSSR count). The molecule has 1 aromatic heterocycles. The van der Waals surface area contributed by atoms with Crippen molar-refractivity contribution in [1.29, 1.82) is 0 Å². The highest BCUT2D eigenvalue weighted by molar-refractivity contribution is 5.94. The lowest BCUT2D eigenvalue weighted by molar-refractivity contribution is -0.384. The van der Waals surface area contributed by atoms with E-state index in [4.69, 9.17) is 4.74 Å². The van der Waals surface area contributed by atoms with E-state index in [9.17, 15) is 14.9 Å². The number of carbonyl (C=O) groups excluding carboxylic acids is 1. The molecule has 1 fully saturated rings. The molecule has 0 spiro atoms. The van der Waals surface area contributed by atoms with Gasteiger partial charge in [0.2, 0.25) is 5.88 Å². The summed E-state index contributed by atoms with van der Waals surface area (Å²) in [6, 6.07) is 7.40. The molecule has 130 valence electrons. The van der Waals surface area contributed by atoms with Gasteiger partial charge in [-0.1, -0.05) is 0 Å². The average molecular weight is 342 g/mol. The largest absolute Gasteiger partial charge is 0.474 e. The molecule has 1 saturated heterocycles. The summed E-state index contributed by atoms with van der Waals surface area (Å²) >= 11 is 0. The number of benzene rings is 1. The van der Waals surface area contributed by atoms with Gasteiger partial charge in [0.1, 0.15) is 11.9 Å². The number of nitro groups is 1. The Morgan fingerprint density at radius 1 is 1.24 bits per heavy atom. The number of nitrogens with zero attached hydrogens (tertiary/aromatic N) is 4. The molecule has 0 radical (unpaired) electrons. The number of ether oxygens (including phenoxy) is 1. The fraction of sp³-hybridized carbons (Fsp3) is 0.353. The minimum atomic E-state index is -0.480. The van der Waals surface area contributed by atoms with Crippen molar-refractivity contribution in [2.24, 2.45) is 0 Å². The van der Waals surface area contributed by atoms with E-state index >= 15 is 0 Å². The molecule has 8 heteroatoms. The molecule has 0 saturated carbocycles. The third-order valence-corrected chi connectivity index (χ3v) is 4.09. The number of carbonyl (C=O) groups is 1. The van der Waals surface area contributed by atoms with Crippen molar-refractivity contribution in [3.63, 3.8) is 0 Å². The van der Waals surface area contributed by atoms with Gasteiger partial charge in [0.25, 0.3) is 11.6 Å². The first-order valence-corrected chi connectivity index (χ1v) is 8.03. The summed E-state index contributed by atoms with van der Waals surface area (Å²) in [7, 11) is 0. The Labute approximate surface area is 144 Å². The van der Waals surface area contributed by atoms with Crippen molar-refractivity contribution in [3.05, 3.63) is 58.0 Å². The number of amides is 1. The Morgan fingerprint density at radius 3 is 2.52 bits per heavy atom. The van der Waals surface area contributed by atoms with Crippen molar-refractivity contribution >= 4 is 11.6 Å². The van der Waals surface area contributed by atoms with Crippen molar-refractivity contribution in [3.8, 4) is 5.88 Å². The molecule has 0 atom stereocenters. The highest BCUT2D eigenvalue weighted by Crippen LogP contribution is 2.20. The van der Waals surface area contributed by atoms with Crippen LogP contribution in [-0.4, -0.2) is 44.9 Å². The maximum absolute atomic E-state index is 12.5. The lowest BCUT2D eigenvalue weighted by Crippen LogP contribution is -2.41. The molecular weight excluding hydrogens is 324 g/mol. The second-order valence-corrected chi connectivity index (χ2v) is 5.86. The number of nitro benzene ring substituents is 1. The predicted molar refractivity (Wildman–Crippen MR) is 89.4 cm³/mol. The third kappa shape index (κ3) is 4.09. The summed E-state index contributed by atoms with van der Waals surface area (Å²) in [5, 5.41) is 10.7. The standard InChI is InChI=1S/C17H18N4O4/c1-12-18-9-6-16(19-12)25-15-7-10-20(11-8-15)17(22)13-2-4-14(5-3-13)21(23)24/h2-6,9,15H,7-8,10-11H2,1H3. The van der Waals surface area contributed by atoms with Gasteiger partial charge < -0.3 is 9.64 Å². The molecule has 0 N–H and O–H groups in total. The van der Waals surface area contributed by atoms with E-state index in [2.05, 4.69) is 9.97 Å². The molecule has 0 unspecified atom stereocenters. The molecule has 1 aliphatic rings. The highest BCUT2D eigenvalue weighted by Gasteiger charge is 2.25. The van der Waals surface area contributed by atoms with E-state index in [-0.39, 0.29) is 17.7 Å². The number of piperidine rings is 1. The van der Waals surface area contributed by atoms with Crippen LogP contribution >= 0.6 is 0 Å². The zero-order valence-corrected chi connectivity index (χ0v) is 13.8. The van der Waals surface area contributed by atoms with E-state index in [1.54, 1.807) is 24.1 Å². The van der Waals surface area contributed by atoms with Crippen LogP contribution in [0.25, 0.3) is 0 Å². The Bertz CT molecular complexity index is 770. The number of aryl methyl sites for hydroxylation is 1. The summed E-state index contributed by atoms with van der Waals surface area (Å²) < 4.78 is 5.85. The van der Waals surface area contributed by atoms with E-state index in [1.807, 2.05) is 0 Å². The van der Waals surface area contributed by atoms with Crippen LogP contribution in [0.4, 0.5) is 5.69 Å². The predicted octanol–water partition coefficient (Wildman–Crippen LogP) is 2.38. The number of non-ortho nitro benzene ring substituents is 1. The van der Waals surface area contributed by atoms with Gasteiger partial charge in [0.05, 0.1) is 4.92 Å². The summed E-state index contributed by atoms with van der Waals surface area (Å²) in [6.07, 6.45) is 3.09. The van der Waals surface area contributed by atoms with Gasteiger partial charge in [-0.2, -0.15) is 4.98 Å². The molecule has 0 bridgehead atoms. The first kappa shape index (κ1) is 16.8. The van der Waals surface area contributed by atoms with Crippen molar-refractivity contribution in [1.82, 2.24) is 14.9 Å². The van der Waals surface area contributed by atoms with E-state index in [0.29, 0.717) is 43.2 Å². The summed E-state index contributed by atoms with van der Waals surface area (Å²) in [5.41, 5.74) is 0.431. The number of likely N-dealkylation sites (tertiary alicyclic amines) is 1. The van der Waals surface area contributed by atoms with Crippen LogP contribution < -0.4 is 4.74 Å². The van der Waals surface area contributed by atoms with Gasteiger partial charge in [-0.3, -0.25) is 14.9 Å². The summed E-state index contributed by atoms with van der Waals surface area (Å²) in [5.74, 6) is 1.09. The SMILES string of the molecule is Cc1nccc(OC2CCN(C(=O)c3ccc([N+](=O)[O-])cc3)CC2)n1. The van der Waals surface area contributed by atoms with Crippen LogP contribution in [0.5, 0.6) is 5.88 Å². The molecule has 8 nitrogen and oxygen atoms in total. The second-order valence-electron chi connectivity index (χ2n) is 5.86. The molecule has 2 aromatic rings.